The smallest absolute Gasteiger partial charge is 0.454 e. The molecule has 1 atom stereocenters. The van der Waals surface area contributed by atoms with Crippen molar-refractivity contribution in [2.45, 2.75) is 32.9 Å². The van der Waals surface area contributed by atoms with Gasteiger partial charge in [0, 0.05) is 25.4 Å². The Morgan fingerprint density at radius 2 is 1.55 bits per heavy atom. The van der Waals surface area contributed by atoms with Gasteiger partial charge in [-0.15, -0.1) is 0 Å². The predicted octanol–water partition coefficient (Wildman–Crippen LogP) is 1.75. The SMILES string of the molecule is C=C(C)C(=O)OCO[Si](OC)(OC)C(CC)OC(=O)C(=C)C. The first kappa shape index (κ1) is 20.5. The Kier molecular flexibility index (Phi) is 8.88. The minimum absolute atomic E-state index is 0.242. The largest absolute Gasteiger partial charge is 0.546 e. The number of hydrogen-bond donors (Lipinski definition) is 0. The number of carbonyl (C=O) groups is 2. The third-order valence-electron chi connectivity index (χ3n) is 2.73. The van der Waals surface area contributed by atoms with Gasteiger partial charge in [0.2, 0.25) is 0 Å². The number of rotatable bonds is 10. The van der Waals surface area contributed by atoms with Crippen LogP contribution in [0.1, 0.15) is 27.2 Å². The van der Waals surface area contributed by atoms with Crippen LogP contribution in [0.5, 0.6) is 0 Å². The third kappa shape index (κ3) is 5.72. The molecule has 0 heterocycles. The van der Waals surface area contributed by atoms with Gasteiger partial charge in [-0.25, -0.2) is 9.59 Å². The van der Waals surface area contributed by atoms with Crippen molar-refractivity contribution >= 4 is 20.7 Å². The van der Waals surface area contributed by atoms with Crippen molar-refractivity contribution in [3.63, 3.8) is 0 Å². The summed E-state index contributed by atoms with van der Waals surface area (Å²) in [6, 6.07) is 0. The van der Waals surface area contributed by atoms with Crippen LogP contribution in [0.4, 0.5) is 0 Å². The van der Waals surface area contributed by atoms with Gasteiger partial charge in [0.15, 0.2) is 12.5 Å². The molecule has 0 aromatic carbocycles. The highest BCUT2D eigenvalue weighted by Crippen LogP contribution is 2.20. The average molecular weight is 332 g/mol. The average Bonchev–Trinajstić information content (AvgIpc) is 2.49. The van der Waals surface area contributed by atoms with Crippen molar-refractivity contribution in [2.75, 3.05) is 21.0 Å². The summed E-state index contributed by atoms with van der Waals surface area (Å²) in [6.45, 7) is 11.4. The van der Waals surface area contributed by atoms with Gasteiger partial charge in [-0.05, 0) is 20.3 Å². The minimum atomic E-state index is -3.37. The van der Waals surface area contributed by atoms with E-state index in [0.29, 0.717) is 6.42 Å². The predicted molar refractivity (Wildman–Crippen MR) is 81.6 cm³/mol. The summed E-state index contributed by atoms with van der Waals surface area (Å²) in [5.74, 6) is -1.16. The molecule has 126 valence electrons. The van der Waals surface area contributed by atoms with Gasteiger partial charge in [-0.2, -0.15) is 0 Å². The number of esters is 2. The van der Waals surface area contributed by atoms with Crippen molar-refractivity contribution in [3.05, 3.63) is 24.3 Å². The second-order valence-electron chi connectivity index (χ2n) is 4.57. The Hall–Kier alpha value is -1.48. The fourth-order valence-corrected chi connectivity index (χ4v) is 3.57. The molecule has 0 saturated carbocycles. The number of carbonyl (C=O) groups excluding carboxylic acids is 2. The summed E-state index contributed by atoms with van der Waals surface area (Å²) in [5, 5.41) is 0. The van der Waals surface area contributed by atoms with Crippen LogP contribution in [0.3, 0.4) is 0 Å². The van der Waals surface area contributed by atoms with Gasteiger partial charge in [0.05, 0.1) is 0 Å². The molecule has 0 aromatic heterocycles. The molecule has 0 aliphatic heterocycles. The van der Waals surface area contributed by atoms with Gasteiger partial charge >= 0.3 is 20.7 Å². The summed E-state index contributed by atoms with van der Waals surface area (Å²) >= 11 is 0. The number of ether oxygens (including phenoxy) is 2. The molecule has 0 amide bonds. The van der Waals surface area contributed by atoms with Gasteiger partial charge in [-0.3, -0.25) is 0 Å². The van der Waals surface area contributed by atoms with Crippen molar-refractivity contribution in [2.24, 2.45) is 0 Å². The lowest BCUT2D eigenvalue weighted by Crippen LogP contribution is -2.57. The zero-order chi connectivity index (χ0) is 17.3. The van der Waals surface area contributed by atoms with E-state index in [0.717, 1.165) is 0 Å². The van der Waals surface area contributed by atoms with Crippen LogP contribution < -0.4 is 0 Å². The van der Waals surface area contributed by atoms with E-state index in [9.17, 15) is 9.59 Å². The fourth-order valence-electron chi connectivity index (χ4n) is 1.48. The third-order valence-corrected chi connectivity index (χ3v) is 5.70. The summed E-state index contributed by atoms with van der Waals surface area (Å²) in [6.07, 6.45) is 0.404. The maximum atomic E-state index is 11.7. The molecule has 0 N–H and O–H groups in total. The summed E-state index contributed by atoms with van der Waals surface area (Å²) in [4.78, 5) is 23.0. The second kappa shape index (κ2) is 9.52. The van der Waals surface area contributed by atoms with Gasteiger partial charge < -0.3 is 22.8 Å². The van der Waals surface area contributed by atoms with Crippen LogP contribution >= 0.6 is 0 Å². The lowest BCUT2D eigenvalue weighted by atomic mass is 10.4. The van der Waals surface area contributed by atoms with E-state index in [1.807, 2.05) is 0 Å². The Morgan fingerprint density at radius 1 is 1.05 bits per heavy atom. The molecular weight excluding hydrogens is 308 g/mol. The normalized spacial score (nSPS) is 12.4. The molecule has 0 aliphatic carbocycles. The van der Waals surface area contributed by atoms with E-state index >= 15 is 0 Å². The molecule has 8 heteroatoms. The van der Waals surface area contributed by atoms with Gasteiger partial charge in [0.25, 0.3) is 0 Å². The summed E-state index contributed by atoms with van der Waals surface area (Å²) in [7, 11) is -0.609. The summed E-state index contributed by atoms with van der Waals surface area (Å²) in [5.41, 5.74) is -0.246. The summed E-state index contributed by atoms with van der Waals surface area (Å²) < 4.78 is 26.3. The zero-order valence-corrected chi connectivity index (χ0v) is 14.8. The highest BCUT2D eigenvalue weighted by Gasteiger charge is 2.51. The topological polar surface area (TPSA) is 80.3 Å². The maximum absolute atomic E-state index is 11.7. The first-order valence-electron chi connectivity index (χ1n) is 6.67. The Labute approximate surface area is 132 Å². The molecule has 0 spiro atoms. The van der Waals surface area contributed by atoms with Gasteiger partial charge in [0.1, 0.15) is 0 Å². The first-order valence-corrected chi connectivity index (χ1v) is 8.47. The van der Waals surface area contributed by atoms with E-state index in [1.54, 1.807) is 6.92 Å². The van der Waals surface area contributed by atoms with Crippen LogP contribution in [0, 0.1) is 0 Å². The van der Waals surface area contributed by atoms with E-state index in [-0.39, 0.29) is 17.9 Å². The molecule has 22 heavy (non-hydrogen) atoms. The molecule has 0 radical (unpaired) electrons. The molecule has 1 unspecified atom stereocenters. The quantitative estimate of drug-likeness (QED) is 0.261. The van der Waals surface area contributed by atoms with Crippen LogP contribution in [0.25, 0.3) is 0 Å². The van der Waals surface area contributed by atoms with E-state index in [4.69, 9.17) is 22.8 Å². The van der Waals surface area contributed by atoms with E-state index in [2.05, 4.69) is 13.2 Å². The maximum Gasteiger partial charge on any atom is 0.546 e. The molecule has 0 fully saturated rings. The highest BCUT2D eigenvalue weighted by atomic mass is 28.4. The molecule has 0 aliphatic rings. The number of hydrogen-bond acceptors (Lipinski definition) is 7. The Morgan fingerprint density at radius 3 is 1.91 bits per heavy atom. The molecule has 0 aromatic rings. The molecule has 0 bridgehead atoms. The van der Waals surface area contributed by atoms with Crippen molar-refractivity contribution in [1.29, 1.82) is 0 Å². The van der Waals surface area contributed by atoms with E-state index in [1.165, 1.54) is 28.1 Å². The standard InChI is InChI=1S/C14H24O7Si/c1-8-12(21-14(16)11(4)5)22(17-6,18-7)20-9-19-13(15)10(2)3/h12H,2,4,8-9H2,1,3,5-7H3. The minimum Gasteiger partial charge on any atom is -0.454 e. The van der Waals surface area contributed by atoms with Crippen LogP contribution in [-0.4, -0.2) is 47.5 Å². The Bertz CT molecular complexity index is 429. The van der Waals surface area contributed by atoms with Crippen LogP contribution in [0.2, 0.25) is 0 Å². The second-order valence-corrected chi connectivity index (χ2v) is 7.52. The van der Waals surface area contributed by atoms with E-state index < -0.39 is 26.5 Å². The molecule has 0 rings (SSSR count). The van der Waals surface area contributed by atoms with Crippen molar-refractivity contribution in [1.82, 2.24) is 0 Å². The van der Waals surface area contributed by atoms with Gasteiger partial charge in [-0.1, -0.05) is 20.1 Å². The fraction of sp³-hybridized carbons (Fsp3) is 0.571. The lowest BCUT2D eigenvalue weighted by molar-refractivity contribution is -0.152. The monoisotopic (exact) mass is 332 g/mol. The first-order chi connectivity index (χ1) is 10.2. The molecule has 7 nitrogen and oxygen atoms in total. The molecule has 0 saturated heterocycles. The highest BCUT2D eigenvalue weighted by molar-refractivity contribution is 6.62. The Balaban J connectivity index is 4.95. The zero-order valence-electron chi connectivity index (χ0n) is 13.8. The lowest BCUT2D eigenvalue weighted by Gasteiger charge is -2.32. The van der Waals surface area contributed by atoms with Crippen molar-refractivity contribution < 1.29 is 32.3 Å². The van der Waals surface area contributed by atoms with Crippen LogP contribution in [-0.2, 0) is 32.3 Å². The van der Waals surface area contributed by atoms with Crippen molar-refractivity contribution in [3.8, 4) is 0 Å². The molecular formula is C14H24O7Si. The van der Waals surface area contributed by atoms with Crippen LogP contribution in [0.15, 0.2) is 24.3 Å².